The zero-order valence-electron chi connectivity index (χ0n) is 16.6. The second-order valence-electron chi connectivity index (χ2n) is 8.25. The number of hydrogen-bond acceptors (Lipinski definition) is 4. The summed E-state index contributed by atoms with van der Waals surface area (Å²) in [7, 11) is 0. The van der Waals surface area contributed by atoms with Crippen LogP contribution in [0.15, 0.2) is 47.8 Å². The molecule has 0 spiro atoms. The summed E-state index contributed by atoms with van der Waals surface area (Å²) >= 11 is 0. The molecule has 5 nitrogen and oxygen atoms in total. The third-order valence-corrected chi connectivity index (χ3v) is 6.14. The molecule has 0 N–H and O–H groups in total. The average molecular weight is 380 g/mol. The van der Waals surface area contributed by atoms with Crippen LogP contribution < -0.4 is 5.56 Å². The molecule has 2 atom stereocenters. The largest absolute Gasteiger partial charge is 0.459 e. The Morgan fingerprint density at radius 1 is 1.25 bits per heavy atom. The molecule has 2 bridgehead atoms. The van der Waals surface area contributed by atoms with Crippen molar-refractivity contribution in [1.29, 1.82) is 0 Å². The highest BCUT2D eigenvalue weighted by atomic mass is 16.5. The molecule has 0 amide bonds. The van der Waals surface area contributed by atoms with E-state index in [1.165, 1.54) is 0 Å². The Bertz CT molecular complexity index is 948. The number of nitrogens with zero attached hydrogens (tertiary/aromatic N) is 2. The Labute approximate surface area is 165 Å². The van der Waals surface area contributed by atoms with Gasteiger partial charge in [-0.15, -0.1) is 6.58 Å². The Kier molecular flexibility index (Phi) is 5.11. The number of para-hydroxylation sites is 1. The van der Waals surface area contributed by atoms with Crippen LogP contribution in [0, 0.1) is 0 Å². The summed E-state index contributed by atoms with van der Waals surface area (Å²) in [5.74, 6) is -0.494. The van der Waals surface area contributed by atoms with Gasteiger partial charge >= 0.3 is 5.97 Å². The van der Waals surface area contributed by atoms with Gasteiger partial charge in [-0.25, -0.2) is 4.79 Å². The molecular formula is C23H28N2O3. The number of hydrogen-bond donors (Lipinski definition) is 0. The fourth-order valence-electron chi connectivity index (χ4n) is 4.93. The number of carbonyl (C=O) groups excluding carboxylic acids is 1. The minimum Gasteiger partial charge on any atom is -0.459 e. The van der Waals surface area contributed by atoms with Crippen LogP contribution in [0.25, 0.3) is 10.9 Å². The van der Waals surface area contributed by atoms with Gasteiger partial charge in [0.25, 0.3) is 5.56 Å². The number of pyridine rings is 1. The molecule has 0 aliphatic carbocycles. The summed E-state index contributed by atoms with van der Waals surface area (Å²) < 4.78 is 7.53. The molecule has 3 heterocycles. The number of fused-ring (bicyclic) bond motifs is 3. The lowest BCUT2D eigenvalue weighted by atomic mass is 9.99. The van der Waals surface area contributed by atoms with E-state index in [-0.39, 0.29) is 23.3 Å². The molecule has 1 aromatic carbocycles. The summed E-state index contributed by atoms with van der Waals surface area (Å²) in [4.78, 5) is 28.4. The van der Waals surface area contributed by atoms with Crippen LogP contribution in [0.3, 0.4) is 0 Å². The van der Waals surface area contributed by atoms with Gasteiger partial charge in [-0.1, -0.05) is 24.3 Å². The van der Waals surface area contributed by atoms with Crippen molar-refractivity contribution in [3.8, 4) is 0 Å². The summed E-state index contributed by atoms with van der Waals surface area (Å²) in [6.45, 7) is 8.65. The summed E-state index contributed by atoms with van der Waals surface area (Å²) in [5.41, 5.74) is 0.703. The molecule has 1 aromatic heterocycles. The van der Waals surface area contributed by atoms with Crippen LogP contribution in [-0.2, 0) is 4.74 Å². The first-order valence-electron chi connectivity index (χ1n) is 10.2. The van der Waals surface area contributed by atoms with Gasteiger partial charge in [-0.05, 0) is 44.2 Å². The summed E-state index contributed by atoms with van der Waals surface area (Å²) in [6.07, 6.45) is 5.78. The van der Waals surface area contributed by atoms with Crippen molar-refractivity contribution < 1.29 is 9.53 Å². The average Bonchev–Trinajstić information content (AvgIpc) is 2.90. The number of piperidine rings is 1. The number of aromatic nitrogens is 1. The number of ether oxygens (including phenoxy) is 1. The lowest BCUT2D eigenvalue weighted by molar-refractivity contribution is -0.00363. The summed E-state index contributed by atoms with van der Waals surface area (Å²) in [5, 5.41) is 0.878. The van der Waals surface area contributed by atoms with Gasteiger partial charge in [0, 0.05) is 37.5 Å². The SMILES string of the molecule is C=CCN1C2CCC1CC(OC(=O)c1cc3ccccc3n(C(C)C)c1=O)C2. The molecule has 2 aliphatic heterocycles. The molecule has 2 saturated heterocycles. The third kappa shape index (κ3) is 3.28. The Balaban J connectivity index is 1.59. The van der Waals surface area contributed by atoms with Crippen LogP contribution in [0.5, 0.6) is 0 Å². The highest BCUT2D eigenvalue weighted by Gasteiger charge is 2.41. The number of esters is 1. The normalized spacial score (nSPS) is 24.6. The maximum Gasteiger partial charge on any atom is 0.344 e. The van der Waals surface area contributed by atoms with E-state index in [0.29, 0.717) is 12.1 Å². The minimum atomic E-state index is -0.494. The maximum absolute atomic E-state index is 13.0. The molecule has 5 heteroatoms. The Morgan fingerprint density at radius 2 is 1.93 bits per heavy atom. The second-order valence-corrected chi connectivity index (χ2v) is 8.25. The van der Waals surface area contributed by atoms with Crippen molar-refractivity contribution in [2.75, 3.05) is 6.54 Å². The molecule has 148 valence electrons. The minimum absolute atomic E-state index is 0.0388. The van der Waals surface area contributed by atoms with Crippen LogP contribution in [0.4, 0.5) is 0 Å². The first-order chi connectivity index (χ1) is 13.5. The zero-order valence-corrected chi connectivity index (χ0v) is 16.6. The van der Waals surface area contributed by atoms with E-state index in [2.05, 4.69) is 11.5 Å². The van der Waals surface area contributed by atoms with Crippen molar-refractivity contribution in [1.82, 2.24) is 9.47 Å². The second kappa shape index (κ2) is 7.55. The lowest BCUT2D eigenvalue weighted by Gasteiger charge is -2.37. The van der Waals surface area contributed by atoms with Gasteiger partial charge in [-0.3, -0.25) is 9.69 Å². The maximum atomic E-state index is 13.0. The van der Waals surface area contributed by atoms with Crippen molar-refractivity contribution in [3.05, 3.63) is 58.9 Å². The molecule has 2 unspecified atom stereocenters. The third-order valence-electron chi connectivity index (χ3n) is 6.14. The molecule has 2 fully saturated rings. The monoisotopic (exact) mass is 380 g/mol. The highest BCUT2D eigenvalue weighted by molar-refractivity contribution is 5.94. The van der Waals surface area contributed by atoms with Crippen molar-refractivity contribution in [3.63, 3.8) is 0 Å². The van der Waals surface area contributed by atoms with E-state index in [1.807, 2.05) is 44.2 Å². The van der Waals surface area contributed by atoms with E-state index < -0.39 is 5.97 Å². The Hall–Kier alpha value is -2.40. The van der Waals surface area contributed by atoms with Gasteiger partial charge in [-0.2, -0.15) is 0 Å². The molecule has 28 heavy (non-hydrogen) atoms. The predicted octanol–water partition coefficient (Wildman–Crippen LogP) is 3.92. The van der Waals surface area contributed by atoms with Gasteiger partial charge < -0.3 is 9.30 Å². The fraction of sp³-hybridized carbons (Fsp3) is 0.478. The van der Waals surface area contributed by atoms with E-state index in [1.54, 1.807) is 10.6 Å². The smallest absolute Gasteiger partial charge is 0.344 e. The van der Waals surface area contributed by atoms with Crippen molar-refractivity contribution in [2.45, 2.75) is 63.8 Å². The predicted molar refractivity (Wildman–Crippen MR) is 111 cm³/mol. The summed E-state index contributed by atoms with van der Waals surface area (Å²) in [6, 6.07) is 10.2. The van der Waals surface area contributed by atoms with Crippen LogP contribution >= 0.6 is 0 Å². The molecule has 4 rings (SSSR count). The number of benzene rings is 1. The topological polar surface area (TPSA) is 51.5 Å². The Morgan fingerprint density at radius 3 is 2.57 bits per heavy atom. The van der Waals surface area contributed by atoms with Crippen LogP contribution in [0.1, 0.15) is 55.9 Å². The molecule has 2 aliphatic rings. The standard InChI is InChI=1S/C23H28N2O3/c1-4-11-24-17-9-10-18(24)14-19(13-17)28-23(27)20-12-16-7-5-6-8-21(16)25(15(2)3)22(20)26/h4-8,12,15,17-19H,1,9-11,13-14H2,2-3H3. The van der Waals surface area contributed by atoms with Crippen LogP contribution in [0.2, 0.25) is 0 Å². The van der Waals surface area contributed by atoms with E-state index >= 15 is 0 Å². The number of carbonyl (C=O) groups is 1. The van der Waals surface area contributed by atoms with E-state index in [0.717, 1.165) is 43.1 Å². The van der Waals surface area contributed by atoms with Gasteiger partial charge in [0.1, 0.15) is 11.7 Å². The van der Waals surface area contributed by atoms with E-state index in [9.17, 15) is 9.59 Å². The highest BCUT2D eigenvalue weighted by Crippen LogP contribution is 2.36. The fourth-order valence-corrected chi connectivity index (χ4v) is 4.93. The first kappa shape index (κ1) is 18.9. The van der Waals surface area contributed by atoms with Crippen LogP contribution in [-0.4, -0.2) is 40.2 Å². The molecular weight excluding hydrogens is 352 g/mol. The van der Waals surface area contributed by atoms with Gasteiger partial charge in [0.2, 0.25) is 0 Å². The van der Waals surface area contributed by atoms with Gasteiger partial charge in [0.05, 0.1) is 5.52 Å². The molecule has 0 saturated carbocycles. The van der Waals surface area contributed by atoms with E-state index in [4.69, 9.17) is 4.74 Å². The van der Waals surface area contributed by atoms with Crippen molar-refractivity contribution >= 4 is 16.9 Å². The molecule has 2 aromatic rings. The van der Waals surface area contributed by atoms with Crippen molar-refractivity contribution in [2.24, 2.45) is 0 Å². The number of rotatable bonds is 5. The molecule has 0 radical (unpaired) electrons. The lowest BCUT2D eigenvalue weighted by Crippen LogP contribution is -2.46. The quantitative estimate of drug-likeness (QED) is 0.583. The first-order valence-corrected chi connectivity index (χ1v) is 10.2. The zero-order chi connectivity index (χ0) is 19.8. The van der Waals surface area contributed by atoms with Gasteiger partial charge in [0.15, 0.2) is 0 Å².